The average molecular weight is 204 g/mol. The molecule has 0 fully saturated rings. The second-order valence-electron chi connectivity index (χ2n) is 3.06. The summed E-state index contributed by atoms with van der Waals surface area (Å²) in [5.74, 6) is 1.43. The van der Waals surface area contributed by atoms with Crippen LogP contribution < -0.4 is 9.47 Å². The van der Waals surface area contributed by atoms with Crippen molar-refractivity contribution in [3.63, 3.8) is 0 Å². The van der Waals surface area contributed by atoms with Crippen LogP contribution in [0, 0.1) is 0 Å². The summed E-state index contributed by atoms with van der Waals surface area (Å²) in [7, 11) is 3.23. The van der Waals surface area contributed by atoms with Crippen molar-refractivity contribution in [2.24, 2.45) is 0 Å². The van der Waals surface area contributed by atoms with Gasteiger partial charge in [-0.3, -0.25) is 0 Å². The first kappa shape index (κ1) is 9.65. The van der Waals surface area contributed by atoms with Gasteiger partial charge in [-0.15, -0.1) is 0 Å². The SMILES string of the molecule is C=Cc1c(OC)cc2occc2c1OC. The van der Waals surface area contributed by atoms with E-state index in [1.807, 2.05) is 12.1 Å². The van der Waals surface area contributed by atoms with Crippen LogP contribution in [0.2, 0.25) is 0 Å². The number of ether oxygens (including phenoxy) is 2. The van der Waals surface area contributed by atoms with Gasteiger partial charge in [-0.1, -0.05) is 12.7 Å². The van der Waals surface area contributed by atoms with E-state index in [-0.39, 0.29) is 0 Å². The fraction of sp³-hybridized carbons (Fsp3) is 0.167. The number of furan rings is 1. The Kier molecular flexibility index (Phi) is 2.37. The minimum absolute atomic E-state index is 0.698. The van der Waals surface area contributed by atoms with Crippen LogP contribution in [-0.4, -0.2) is 14.2 Å². The smallest absolute Gasteiger partial charge is 0.141 e. The third kappa shape index (κ3) is 1.36. The minimum atomic E-state index is 0.698. The maximum Gasteiger partial charge on any atom is 0.141 e. The van der Waals surface area contributed by atoms with Gasteiger partial charge < -0.3 is 13.9 Å². The molecule has 1 aromatic heterocycles. The Bertz CT molecular complexity index is 497. The van der Waals surface area contributed by atoms with Crippen molar-refractivity contribution in [1.29, 1.82) is 0 Å². The molecular weight excluding hydrogens is 192 g/mol. The third-order valence-corrected chi connectivity index (χ3v) is 2.34. The standard InChI is InChI=1S/C12H12O3/c1-4-8-10(13-2)7-11-9(5-6-15-11)12(8)14-3/h4-7H,1H2,2-3H3. The lowest BCUT2D eigenvalue weighted by Gasteiger charge is -2.10. The maximum atomic E-state index is 5.34. The van der Waals surface area contributed by atoms with Gasteiger partial charge in [0, 0.05) is 6.07 Å². The predicted octanol–water partition coefficient (Wildman–Crippen LogP) is 3.09. The molecule has 3 heteroatoms. The first-order valence-corrected chi connectivity index (χ1v) is 4.56. The van der Waals surface area contributed by atoms with E-state index in [4.69, 9.17) is 13.9 Å². The van der Waals surface area contributed by atoms with Crippen LogP contribution in [0.3, 0.4) is 0 Å². The first-order valence-electron chi connectivity index (χ1n) is 4.56. The van der Waals surface area contributed by atoms with E-state index in [9.17, 15) is 0 Å². The minimum Gasteiger partial charge on any atom is -0.496 e. The maximum absolute atomic E-state index is 5.34. The zero-order valence-electron chi connectivity index (χ0n) is 8.74. The Labute approximate surface area is 87.9 Å². The Morgan fingerprint density at radius 3 is 2.73 bits per heavy atom. The van der Waals surface area contributed by atoms with Crippen LogP contribution in [-0.2, 0) is 0 Å². The number of benzene rings is 1. The van der Waals surface area contributed by atoms with Gasteiger partial charge in [-0.2, -0.15) is 0 Å². The highest BCUT2D eigenvalue weighted by molar-refractivity contribution is 5.90. The van der Waals surface area contributed by atoms with Crippen molar-refractivity contribution >= 4 is 17.0 Å². The van der Waals surface area contributed by atoms with Crippen LogP contribution in [0.15, 0.2) is 29.4 Å². The zero-order chi connectivity index (χ0) is 10.8. The molecule has 0 saturated carbocycles. The van der Waals surface area contributed by atoms with E-state index < -0.39 is 0 Å². The lowest BCUT2D eigenvalue weighted by Crippen LogP contribution is -1.92. The van der Waals surface area contributed by atoms with Gasteiger partial charge in [0.2, 0.25) is 0 Å². The topological polar surface area (TPSA) is 31.6 Å². The molecule has 0 N–H and O–H groups in total. The molecule has 0 unspecified atom stereocenters. The van der Waals surface area contributed by atoms with E-state index in [1.54, 1.807) is 26.6 Å². The molecule has 78 valence electrons. The summed E-state index contributed by atoms with van der Waals surface area (Å²) in [6.45, 7) is 3.75. The van der Waals surface area contributed by atoms with Gasteiger partial charge in [0.25, 0.3) is 0 Å². The number of hydrogen-bond donors (Lipinski definition) is 0. The van der Waals surface area contributed by atoms with E-state index >= 15 is 0 Å². The van der Waals surface area contributed by atoms with Crippen molar-refractivity contribution in [1.82, 2.24) is 0 Å². The lowest BCUT2D eigenvalue weighted by molar-refractivity contribution is 0.395. The summed E-state index contributed by atoms with van der Waals surface area (Å²) < 4.78 is 15.9. The normalized spacial score (nSPS) is 10.3. The highest BCUT2D eigenvalue weighted by atomic mass is 16.5. The summed E-state index contributed by atoms with van der Waals surface area (Å²) in [6.07, 6.45) is 3.34. The van der Waals surface area contributed by atoms with E-state index in [0.717, 1.165) is 22.3 Å². The Hall–Kier alpha value is -1.90. The van der Waals surface area contributed by atoms with Crippen molar-refractivity contribution in [2.75, 3.05) is 14.2 Å². The fourth-order valence-corrected chi connectivity index (χ4v) is 1.66. The van der Waals surface area contributed by atoms with Gasteiger partial charge in [-0.25, -0.2) is 0 Å². The zero-order valence-corrected chi connectivity index (χ0v) is 8.74. The molecule has 0 bridgehead atoms. The molecule has 0 spiro atoms. The lowest BCUT2D eigenvalue weighted by atomic mass is 10.1. The van der Waals surface area contributed by atoms with Crippen LogP contribution in [0.25, 0.3) is 17.0 Å². The Morgan fingerprint density at radius 1 is 1.33 bits per heavy atom. The number of rotatable bonds is 3. The summed E-state index contributed by atoms with van der Waals surface area (Å²) in [5, 5.41) is 0.924. The molecule has 0 saturated heterocycles. The second-order valence-corrected chi connectivity index (χ2v) is 3.06. The molecule has 2 aromatic rings. The Balaban J connectivity index is 2.84. The number of fused-ring (bicyclic) bond motifs is 1. The number of hydrogen-bond acceptors (Lipinski definition) is 3. The number of methoxy groups -OCH3 is 2. The first-order chi connectivity index (χ1) is 7.31. The van der Waals surface area contributed by atoms with Crippen molar-refractivity contribution in [2.45, 2.75) is 0 Å². The monoisotopic (exact) mass is 204 g/mol. The molecule has 0 amide bonds. The van der Waals surface area contributed by atoms with Crippen LogP contribution in [0.1, 0.15) is 5.56 Å². The van der Waals surface area contributed by atoms with E-state index in [1.165, 1.54) is 0 Å². The van der Waals surface area contributed by atoms with Gasteiger partial charge >= 0.3 is 0 Å². The molecule has 1 aromatic carbocycles. The molecule has 1 heterocycles. The molecule has 0 aliphatic rings. The van der Waals surface area contributed by atoms with Gasteiger partial charge in [-0.05, 0) is 6.07 Å². The van der Waals surface area contributed by atoms with Crippen molar-refractivity contribution in [3.05, 3.63) is 30.5 Å². The summed E-state index contributed by atoms with van der Waals surface area (Å²) in [6, 6.07) is 3.69. The molecule has 0 aliphatic heterocycles. The molecule has 0 radical (unpaired) electrons. The highest BCUT2D eigenvalue weighted by Gasteiger charge is 2.13. The molecular formula is C12H12O3. The van der Waals surface area contributed by atoms with Gasteiger partial charge in [0.1, 0.15) is 17.1 Å². The van der Waals surface area contributed by atoms with Gasteiger partial charge in [0.15, 0.2) is 0 Å². The second kappa shape index (κ2) is 3.69. The Morgan fingerprint density at radius 2 is 2.13 bits per heavy atom. The van der Waals surface area contributed by atoms with Crippen LogP contribution in [0.5, 0.6) is 11.5 Å². The molecule has 2 rings (SSSR count). The quantitative estimate of drug-likeness (QED) is 0.769. The van der Waals surface area contributed by atoms with Crippen LogP contribution >= 0.6 is 0 Å². The summed E-state index contributed by atoms with van der Waals surface area (Å²) in [5.41, 5.74) is 1.59. The molecule has 0 aliphatic carbocycles. The van der Waals surface area contributed by atoms with Crippen LogP contribution in [0.4, 0.5) is 0 Å². The molecule has 3 nitrogen and oxygen atoms in total. The van der Waals surface area contributed by atoms with Gasteiger partial charge in [0.05, 0.1) is 31.4 Å². The fourth-order valence-electron chi connectivity index (χ4n) is 1.66. The van der Waals surface area contributed by atoms with Crippen molar-refractivity contribution in [3.8, 4) is 11.5 Å². The molecule has 15 heavy (non-hydrogen) atoms. The summed E-state index contributed by atoms with van der Waals surface area (Å²) >= 11 is 0. The third-order valence-electron chi connectivity index (χ3n) is 2.34. The molecule has 0 atom stereocenters. The largest absolute Gasteiger partial charge is 0.496 e. The van der Waals surface area contributed by atoms with E-state index in [0.29, 0.717) is 5.75 Å². The predicted molar refractivity (Wildman–Crippen MR) is 59.4 cm³/mol. The highest BCUT2D eigenvalue weighted by Crippen LogP contribution is 2.37. The summed E-state index contributed by atoms with van der Waals surface area (Å²) in [4.78, 5) is 0. The average Bonchev–Trinajstić information content (AvgIpc) is 2.73. The van der Waals surface area contributed by atoms with Crippen molar-refractivity contribution < 1.29 is 13.9 Å². The van der Waals surface area contributed by atoms with E-state index in [2.05, 4.69) is 6.58 Å².